The van der Waals surface area contributed by atoms with Gasteiger partial charge in [-0.3, -0.25) is 9.20 Å². The second-order valence-electron chi connectivity index (χ2n) is 6.86. The largest absolute Gasteiger partial charge is 0.422 e. The lowest BCUT2D eigenvalue weighted by atomic mass is 10.1. The summed E-state index contributed by atoms with van der Waals surface area (Å²) < 4.78 is 7.16. The monoisotopic (exact) mass is 396 g/mol. The highest BCUT2D eigenvalue weighted by atomic mass is 16.4. The number of carbonyl (C=O) groups excluding carboxylic acids is 1. The third-order valence-electron chi connectivity index (χ3n) is 4.92. The van der Waals surface area contributed by atoms with Crippen LogP contribution in [0.4, 0.5) is 5.69 Å². The fraction of sp³-hybridized carbons (Fsp3) is 0.0435. The van der Waals surface area contributed by atoms with Crippen molar-refractivity contribution in [3.63, 3.8) is 0 Å². The third-order valence-corrected chi connectivity index (χ3v) is 4.92. The van der Waals surface area contributed by atoms with Crippen LogP contribution >= 0.6 is 0 Å². The maximum atomic E-state index is 12.7. The van der Waals surface area contributed by atoms with Crippen LogP contribution in [-0.2, 0) is 0 Å². The van der Waals surface area contributed by atoms with Crippen molar-refractivity contribution in [1.82, 2.24) is 14.4 Å². The molecule has 1 amide bonds. The molecule has 7 heteroatoms. The highest BCUT2D eigenvalue weighted by Gasteiger charge is 2.15. The fourth-order valence-electron chi connectivity index (χ4n) is 3.44. The van der Waals surface area contributed by atoms with Crippen molar-refractivity contribution in [2.45, 2.75) is 6.92 Å². The SMILES string of the molecule is Cc1c(-c2cccc(NC(=O)c3cc4ccccc4oc3=O)c2)nc2ncccn12. The van der Waals surface area contributed by atoms with Gasteiger partial charge in [0.2, 0.25) is 5.78 Å². The molecule has 0 fully saturated rings. The summed E-state index contributed by atoms with van der Waals surface area (Å²) in [7, 11) is 0. The molecule has 7 nitrogen and oxygen atoms in total. The van der Waals surface area contributed by atoms with Gasteiger partial charge in [-0.1, -0.05) is 30.3 Å². The summed E-state index contributed by atoms with van der Waals surface area (Å²) >= 11 is 0. The number of hydrogen-bond donors (Lipinski definition) is 1. The van der Waals surface area contributed by atoms with Crippen LogP contribution < -0.4 is 10.9 Å². The molecule has 0 saturated heterocycles. The van der Waals surface area contributed by atoms with Crippen molar-refractivity contribution in [2.75, 3.05) is 5.32 Å². The van der Waals surface area contributed by atoms with Gasteiger partial charge in [-0.2, -0.15) is 0 Å². The molecule has 0 aliphatic rings. The first-order valence-electron chi connectivity index (χ1n) is 9.34. The number of aromatic nitrogens is 3. The van der Waals surface area contributed by atoms with Crippen molar-refractivity contribution in [2.24, 2.45) is 0 Å². The third kappa shape index (κ3) is 3.02. The van der Waals surface area contributed by atoms with Crippen LogP contribution in [-0.4, -0.2) is 20.3 Å². The van der Waals surface area contributed by atoms with Crippen LogP contribution in [0.1, 0.15) is 16.1 Å². The van der Waals surface area contributed by atoms with Crippen molar-refractivity contribution < 1.29 is 9.21 Å². The van der Waals surface area contributed by atoms with Crippen LogP contribution in [0.3, 0.4) is 0 Å². The number of nitrogens with one attached hydrogen (secondary N) is 1. The molecule has 146 valence electrons. The molecule has 0 bridgehead atoms. The first-order valence-corrected chi connectivity index (χ1v) is 9.34. The van der Waals surface area contributed by atoms with E-state index in [9.17, 15) is 9.59 Å². The fourth-order valence-corrected chi connectivity index (χ4v) is 3.44. The van der Waals surface area contributed by atoms with E-state index >= 15 is 0 Å². The molecule has 0 atom stereocenters. The lowest BCUT2D eigenvalue weighted by Crippen LogP contribution is -2.20. The smallest absolute Gasteiger partial charge is 0.349 e. The normalized spacial score (nSPS) is 11.1. The summed E-state index contributed by atoms with van der Waals surface area (Å²) in [5.41, 5.74) is 2.82. The molecule has 3 aromatic heterocycles. The number of fused-ring (bicyclic) bond motifs is 2. The molecular weight excluding hydrogens is 380 g/mol. The van der Waals surface area contributed by atoms with Crippen molar-refractivity contribution in [3.8, 4) is 11.3 Å². The van der Waals surface area contributed by atoms with E-state index in [-0.39, 0.29) is 5.56 Å². The number of aryl methyl sites for hydroxylation is 1. The van der Waals surface area contributed by atoms with Crippen molar-refractivity contribution in [3.05, 3.63) is 94.7 Å². The van der Waals surface area contributed by atoms with Gasteiger partial charge in [0.25, 0.3) is 5.91 Å². The van der Waals surface area contributed by atoms with E-state index in [1.165, 1.54) is 6.07 Å². The van der Waals surface area contributed by atoms with Gasteiger partial charge in [0.1, 0.15) is 11.1 Å². The van der Waals surface area contributed by atoms with Crippen LogP contribution in [0.2, 0.25) is 0 Å². The molecule has 0 aliphatic carbocycles. The topological polar surface area (TPSA) is 89.5 Å². The maximum absolute atomic E-state index is 12.7. The Morgan fingerprint density at radius 2 is 1.93 bits per heavy atom. The molecule has 1 N–H and O–H groups in total. The molecule has 0 spiro atoms. The predicted molar refractivity (Wildman–Crippen MR) is 114 cm³/mol. The van der Waals surface area contributed by atoms with Gasteiger partial charge in [0.15, 0.2) is 0 Å². The number of para-hydroxylation sites is 1. The van der Waals surface area contributed by atoms with E-state index in [1.54, 1.807) is 30.5 Å². The summed E-state index contributed by atoms with van der Waals surface area (Å²) in [6.07, 6.45) is 3.59. The molecular formula is C23H16N4O3. The van der Waals surface area contributed by atoms with Gasteiger partial charge >= 0.3 is 5.63 Å². The first-order chi connectivity index (χ1) is 14.6. The minimum atomic E-state index is -0.676. The minimum Gasteiger partial charge on any atom is -0.422 e. The van der Waals surface area contributed by atoms with Gasteiger partial charge in [-0.05, 0) is 37.3 Å². The van der Waals surface area contributed by atoms with Crippen LogP contribution in [0.15, 0.2) is 82.3 Å². The van der Waals surface area contributed by atoms with Gasteiger partial charge in [0, 0.05) is 34.7 Å². The second kappa shape index (κ2) is 6.97. The molecule has 30 heavy (non-hydrogen) atoms. The first kappa shape index (κ1) is 17.8. The number of amides is 1. The Hall–Kier alpha value is -4.26. The Morgan fingerprint density at radius 3 is 2.80 bits per heavy atom. The van der Waals surface area contributed by atoms with Crippen molar-refractivity contribution >= 4 is 28.3 Å². The van der Waals surface area contributed by atoms with Crippen LogP contribution in [0.25, 0.3) is 28.0 Å². The number of anilines is 1. The summed E-state index contributed by atoms with van der Waals surface area (Å²) in [6, 6.07) is 17.8. The molecule has 0 saturated carbocycles. The zero-order valence-corrected chi connectivity index (χ0v) is 16.0. The number of imidazole rings is 1. The zero-order valence-electron chi connectivity index (χ0n) is 16.0. The number of rotatable bonds is 3. The summed E-state index contributed by atoms with van der Waals surface area (Å²) in [5.74, 6) is 0.0771. The number of carbonyl (C=O) groups is 1. The van der Waals surface area contributed by atoms with Crippen LogP contribution in [0, 0.1) is 6.92 Å². The Bertz CT molecular complexity index is 1480. The lowest BCUT2D eigenvalue weighted by Gasteiger charge is -2.07. The van der Waals surface area contributed by atoms with E-state index in [1.807, 2.05) is 47.9 Å². The van der Waals surface area contributed by atoms with Crippen LogP contribution in [0.5, 0.6) is 0 Å². The van der Waals surface area contributed by atoms with Gasteiger partial charge in [-0.15, -0.1) is 0 Å². The summed E-state index contributed by atoms with van der Waals surface area (Å²) in [6.45, 7) is 1.96. The van der Waals surface area contributed by atoms with E-state index in [4.69, 9.17) is 4.42 Å². The van der Waals surface area contributed by atoms with E-state index in [2.05, 4.69) is 15.3 Å². The number of hydrogen-bond acceptors (Lipinski definition) is 5. The molecule has 0 unspecified atom stereocenters. The molecule has 0 radical (unpaired) electrons. The van der Waals surface area contributed by atoms with E-state index < -0.39 is 11.5 Å². The predicted octanol–water partition coefficient (Wildman–Crippen LogP) is 4.06. The number of benzene rings is 2. The molecule has 5 aromatic rings. The number of nitrogens with zero attached hydrogens (tertiary/aromatic N) is 3. The summed E-state index contributed by atoms with van der Waals surface area (Å²) in [5, 5.41) is 3.46. The summed E-state index contributed by atoms with van der Waals surface area (Å²) in [4.78, 5) is 33.8. The zero-order chi connectivity index (χ0) is 20.7. The molecule has 0 aliphatic heterocycles. The highest BCUT2D eigenvalue weighted by Crippen LogP contribution is 2.26. The van der Waals surface area contributed by atoms with E-state index in [0.717, 1.165) is 17.0 Å². The Morgan fingerprint density at radius 1 is 1.07 bits per heavy atom. The van der Waals surface area contributed by atoms with E-state index in [0.29, 0.717) is 22.4 Å². The standard InChI is InChI=1S/C23H16N4O3/c1-14-20(26-23-24-10-5-11-27(14)23)16-7-4-8-17(12-16)25-21(28)18-13-15-6-2-3-9-19(15)30-22(18)29/h2-13H,1H3,(H,25,28). The quantitative estimate of drug-likeness (QED) is 0.465. The minimum absolute atomic E-state index is 0.0489. The average molecular weight is 396 g/mol. The molecule has 2 aromatic carbocycles. The van der Waals surface area contributed by atoms with Crippen molar-refractivity contribution in [1.29, 1.82) is 0 Å². The van der Waals surface area contributed by atoms with Gasteiger partial charge < -0.3 is 9.73 Å². The van der Waals surface area contributed by atoms with Gasteiger partial charge in [0.05, 0.1) is 5.69 Å². The average Bonchev–Trinajstić information content (AvgIpc) is 3.10. The van der Waals surface area contributed by atoms with Gasteiger partial charge in [-0.25, -0.2) is 14.8 Å². The maximum Gasteiger partial charge on any atom is 0.349 e. The highest BCUT2D eigenvalue weighted by molar-refractivity contribution is 6.05. The molecule has 3 heterocycles. The second-order valence-corrected chi connectivity index (χ2v) is 6.86. The lowest BCUT2D eigenvalue weighted by molar-refractivity contribution is 0.102. The Kier molecular flexibility index (Phi) is 4.14. The Labute approximate surface area is 170 Å². The Balaban J connectivity index is 1.49. The molecule has 5 rings (SSSR count).